The van der Waals surface area contributed by atoms with Gasteiger partial charge in [0.15, 0.2) is 0 Å². The summed E-state index contributed by atoms with van der Waals surface area (Å²) in [5.41, 5.74) is 1.57. The monoisotopic (exact) mass is 336 g/mol. The van der Waals surface area contributed by atoms with Crippen molar-refractivity contribution in [2.75, 3.05) is 11.9 Å². The number of halogens is 2. The number of carbonyl (C=O) groups excluding carboxylic acids is 1. The summed E-state index contributed by atoms with van der Waals surface area (Å²) in [5.74, 6) is -0.262. The van der Waals surface area contributed by atoms with Crippen LogP contribution in [0.4, 0.5) is 14.9 Å². The fraction of sp³-hybridized carbons (Fsp3) is 0.133. The van der Waals surface area contributed by atoms with Gasteiger partial charge in [-0.15, -0.1) is 0 Å². The molecule has 0 saturated carbocycles. The highest BCUT2D eigenvalue weighted by atomic mass is 79.9. The highest BCUT2D eigenvalue weighted by Crippen LogP contribution is 2.13. The summed E-state index contributed by atoms with van der Waals surface area (Å²) in [5, 5.41) is 5.45. The summed E-state index contributed by atoms with van der Waals surface area (Å²) in [6.07, 6.45) is 0.589. The van der Waals surface area contributed by atoms with E-state index < -0.39 is 0 Å². The van der Waals surface area contributed by atoms with Crippen LogP contribution in [-0.2, 0) is 6.42 Å². The van der Waals surface area contributed by atoms with Crippen LogP contribution in [0, 0.1) is 5.82 Å². The first-order valence-corrected chi connectivity index (χ1v) is 6.97. The maximum atomic E-state index is 13.0. The topological polar surface area (TPSA) is 41.1 Å². The Bertz CT molecular complexity index is 587. The van der Waals surface area contributed by atoms with Gasteiger partial charge in [0.2, 0.25) is 0 Å². The van der Waals surface area contributed by atoms with Crippen molar-refractivity contribution in [3.8, 4) is 0 Å². The predicted molar refractivity (Wildman–Crippen MR) is 81.3 cm³/mol. The highest BCUT2D eigenvalue weighted by molar-refractivity contribution is 9.10. The van der Waals surface area contributed by atoms with Crippen LogP contribution >= 0.6 is 15.9 Å². The van der Waals surface area contributed by atoms with Gasteiger partial charge in [-0.2, -0.15) is 0 Å². The van der Waals surface area contributed by atoms with Crippen molar-refractivity contribution in [3.05, 3.63) is 64.4 Å². The number of amides is 2. The summed E-state index contributed by atoms with van der Waals surface area (Å²) >= 11 is 3.33. The van der Waals surface area contributed by atoms with Crippen LogP contribution in [0.5, 0.6) is 0 Å². The Labute approximate surface area is 125 Å². The first-order valence-electron chi connectivity index (χ1n) is 6.18. The maximum Gasteiger partial charge on any atom is 0.319 e. The number of carbonyl (C=O) groups is 1. The van der Waals surface area contributed by atoms with Crippen LogP contribution in [0.3, 0.4) is 0 Å². The first kappa shape index (κ1) is 14.5. The van der Waals surface area contributed by atoms with Crippen LogP contribution in [0.2, 0.25) is 0 Å². The molecule has 3 nitrogen and oxygen atoms in total. The zero-order valence-electron chi connectivity index (χ0n) is 10.7. The lowest BCUT2D eigenvalue weighted by atomic mass is 10.1. The van der Waals surface area contributed by atoms with Crippen LogP contribution in [0.1, 0.15) is 5.56 Å². The van der Waals surface area contributed by atoms with Crippen molar-refractivity contribution >= 4 is 27.6 Å². The highest BCUT2D eigenvalue weighted by Gasteiger charge is 2.01. The average molecular weight is 337 g/mol. The van der Waals surface area contributed by atoms with Crippen molar-refractivity contribution in [1.82, 2.24) is 5.32 Å². The zero-order valence-corrected chi connectivity index (χ0v) is 12.3. The summed E-state index contributed by atoms with van der Waals surface area (Å²) in [6, 6.07) is 13.4. The van der Waals surface area contributed by atoms with E-state index in [0.29, 0.717) is 13.0 Å². The standard InChI is InChI=1S/C15H14BrFN2O/c16-12-4-6-14(7-5-12)19-15(20)18-9-8-11-2-1-3-13(17)10-11/h1-7,10H,8-9H2,(H2,18,19,20). The third-order valence-electron chi connectivity index (χ3n) is 2.69. The quantitative estimate of drug-likeness (QED) is 0.871. The molecule has 2 aromatic carbocycles. The van der Waals surface area contributed by atoms with Crippen molar-refractivity contribution in [3.63, 3.8) is 0 Å². The van der Waals surface area contributed by atoms with Gasteiger partial charge in [-0.3, -0.25) is 0 Å². The molecule has 0 heterocycles. The molecular formula is C15H14BrFN2O. The first-order chi connectivity index (χ1) is 9.63. The van der Waals surface area contributed by atoms with Crippen molar-refractivity contribution in [2.24, 2.45) is 0 Å². The van der Waals surface area contributed by atoms with Crippen molar-refractivity contribution < 1.29 is 9.18 Å². The molecule has 2 N–H and O–H groups in total. The second kappa shape index (κ2) is 7.05. The van der Waals surface area contributed by atoms with E-state index in [-0.39, 0.29) is 11.8 Å². The summed E-state index contributed by atoms with van der Waals surface area (Å²) in [6.45, 7) is 0.450. The third kappa shape index (κ3) is 4.66. The number of rotatable bonds is 4. The molecule has 0 aliphatic carbocycles. The Morgan fingerprint density at radius 2 is 1.90 bits per heavy atom. The van der Waals surface area contributed by atoms with Gasteiger partial charge in [-0.1, -0.05) is 28.1 Å². The van der Waals surface area contributed by atoms with Crippen LogP contribution < -0.4 is 10.6 Å². The lowest BCUT2D eigenvalue weighted by Crippen LogP contribution is -2.30. The molecule has 2 amide bonds. The Morgan fingerprint density at radius 3 is 2.60 bits per heavy atom. The molecule has 0 atom stereocenters. The van der Waals surface area contributed by atoms with Crippen molar-refractivity contribution in [2.45, 2.75) is 6.42 Å². The lowest BCUT2D eigenvalue weighted by Gasteiger charge is -2.07. The Kier molecular flexibility index (Phi) is 5.12. The molecule has 0 bridgehead atoms. The SMILES string of the molecule is O=C(NCCc1cccc(F)c1)Nc1ccc(Br)cc1. The summed E-state index contributed by atoms with van der Waals surface area (Å²) < 4.78 is 13.9. The Hall–Kier alpha value is -1.88. The number of hydrogen-bond acceptors (Lipinski definition) is 1. The minimum absolute atomic E-state index is 0.262. The van der Waals surface area contributed by atoms with E-state index in [1.54, 1.807) is 18.2 Å². The molecule has 0 spiro atoms. The van der Waals surface area contributed by atoms with Gasteiger partial charge in [0.05, 0.1) is 0 Å². The van der Waals surface area contributed by atoms with Crippen LogP contribution in [-0.4, -0.2) is 12.6 Å². The smallest absolute Gasteiger partial charge is 0.319 e. The fourth-order valence-corrected chi connectivity index (χ4v) is 1.99. The molecular weight excluding hydrogens is 323 g/mol. The van der Waals surface area contributed by atoms with Crippen molar-refractivity contribution in [1.29, 1.82) is 0 Å². The lowest BCUT2D eigenvalue weighted by molar-refractivity contribution is 0.252. The number of benzene rings is 2. The number of urea groups is 1. The van der Waals surface area contributed by atoms with Gasteiger partial charge in [0.25, 0.3) is 0 Å². The molecule has 2 aromatic rings. The van der Waals surface area contributed by atoms with Crippen LogP contribution in [0.15, 0.2) is 53.0 Å². The predicted octanol–water partition coefficient (Wildman–Crippen LogP) is 3.95. The number of nitrogens with one attached hydrogen (secondary N) is 2. The maximum absolute atomic E-state index is 13.0. The van der Waals surface area contributed by atoms with Gasteiger partial charge < -0.3 is 10.6 Å². The van der Waals surface area contributed by atoms with E-state index in [4.69, 9.17) is 0 Å². The second-order valence-electron chi connectivity index (χ2n) is 4.27. The van der Waals surface area contributed by atoms with E-state index >= 15 is 0 Å². The van der Waals surface area contributed by atoms with Gasteiger partial charge in [-0.25, -0.2) is 9.18 Å². The molecule has 0 aliphatic rings. The summed E-state index contributed by atoms with van der Waals surface area (Å²) in [4.78, 5) is 11.6. The molecule has 104 valence electrons. The molecule has 0 saturated heterocycles. The minimum atomic E-state index is -0.274. The Morgan fingerprint density at radius 1 is 1.15 bits per heavy atom. The number of hydrogen-bond donors (Lipinski definition) is 2. The fourth-order valence-electron chi connectivity index (χ4n) is 1.72. The van der Waals surface area contributed by atoms with Gasteiger partial charge in [-0.05, 0) is 48.4 Å². The normalized spacial score (nSPS) is 10.1. The molecule has 5 heteroatoms. The molecule has 0 radical (unpaired) electrons. The van der Waals surface area contributed by atoms with E-state index in [1.807, 2.05) is 18.2 Å². The largest absolute Gasteiger partial charge is 0.338 e. The van der Waals surface area contributed by atoms with Gasteiger partial charge in [0.1, 0.15) is 5.82 Å². The van der Waals surface area contributed by atoms with Crippen LogP contribution in [0.25, 0.3) is 0 Å². The molecule has 20 heavy (non-hydrogen) atoms. The van der Waals surface area contributed by atoms with E-state index in [0.717, 1.165) is 15.7 Å². The number of anilines is 1. The molecule has 0 fully saturated rings. The molecule has 0 unspecified atom stereocenters. The van der Waals surface area contributed by atoms with E-state index in [2.05, 4.69) is 26.6 Å². The van der Waals surface area contributed by atoms with Gasteiger partial charge in [0, 0.05) is 16.7 Å². The third-order valence-corrected chi connectivity index (χ3v) is 3.22. The van der Waals surface area contributed by atoms with E-state index in [9.17, 15) is 9.18 Å². The summed E-state index contributed by atoms with van der Waals surface area (Å²) in [7, 11) is 0. The zero-order chi connectivity index (χ0) is 14.4. The molecule has 0 aliphatic heterocycles. The minimum Gasteiger partial charge on any atom is -0.338 e. The Balaban J connectivity index is 1.76. The molecule has 2 rings (SSSR count). The second-order valence-corrected chi connectivity index (χ2v) is 5.18. The van der Waals surface area contributed by atoms with Gasteiger partial charge >= 0.3 is 6.03 Å². The average Bonchev–Trinajstić information content (AvgIpc) is 2.41. The molecule has 0 aromatic heterocycles. The van der Waals surface area contributed by atoms with E-state index in [1.165, 1.54) is 12.1 Å².